The number of aliphatic hydroxyl groups excluding tert-OH is 1. The third kappa shape index (κ3) is 5.00. The van der Waals surface area contributed by atoms with E-state index in [9.17, 15) is 14.3 Å². The number of rotatable bonds is 4. The number of aliphatic hydroxyl groups is 1. The van der Waals surface area contributed by atoms with Crippen molar-refractivity contribution in [3.63, 3.8) is 0 Å². The Morgan fingerprint density at radius 1 is 1.24 bits per heavy atom. The van der Waals surface area contributed by atoms with Crippen LogP contribution in [-0.2, 0) is 9.53 Å². The molecule has 1 aromatic carbocycles. The summed E-state index contributed by atoms with van der Waals surface area (Å²) in [5.41, 5.74) is 0.451. The number of carbonyl (C=O) groups is 1. The molecule has 0 bridgehead atoms. The van der Waals surface area contributed by atoms with Crippen LogP contribution >= 0.6 is 0 Å². The maximum atomic E-state index is 13.3. The highest BCUT2D eigenvalue weighted by atomic mass is 19.1. The van der Waals surface area contributed by atoms with E-state index < -0.39 is 11.9 Å². The minimum absolute atomic E-state index is 0.000716. The molecule has 1 atom stereocenters. The van der Waals surface area contributed by atoms with Gasteiger partial charge in [-0.2, -0.15) is 0 Å². The lowest BCUT2D eigenvalue weighted by atomic mass is 10.1. The fourth-order valence-corrected chi connectivity index (χ4v) is 3.73. The molecule has 2 saturated heterocycles. The van der Waals surface area contributed by atoms with E-state index in [0.717, 1.165) is 45.6 Å². The third-order valence-electron chi connectivity index (χ3n) is 5.19. The van der Waals surface area contributed by atoms with E-state index in [1.165, 1.54) is 12.1 Å². The van der Waals surface area contributed by atoms with Crippen molar-refractivity contribution in [1.29, 1.82) is 0 Å². The first-order valence-electron chi connectivity index (χ1n) is 9.16. The Hall–Kier alpha value is -1.50. The number of benzene rings is 1. The number of amides is 1. The summed E-state index contributed by atoms with van der Waals surface area (Å²) < 4.78 is 18.7. The van der Waals surface area contributed by atoms with Gasteiger partial charge in [0.1, 0.15) is 5.82 Å². The van der Waals surface area contributed by atoms with Crippen LogP contribution in [0.5, 0.6) is 0 Å². The quantitative estimate of drug-likeness (QED) is 0.902. The van der Waals surface area contributed by atoms with Crippen molar-refractivity contribution in [2.45, 2.75) is 37.8 Å². The van der Waals surface area contributed by atoms with Gasteiger partial charge in [-0.1, -0.05) is 12.1 Å². The number of halogens is 1. The Balaban J connectivity index is 1.52. The van der Waals surface area contributed by atoms with Crippen molar-refractivity contribution in [3.05, 3.63) is 35.6 Å². The molecular formula is C19H27FN2O3. The van der Waals surface area contributed by atoms with Gasteiger partial charge in [-0.15, -0.1) is 0 Å². The van der Waals surface area contributed by atoms with Crippen molar-refractivity contribution in [2.24, 2.45) is 0 Å². The highest BCUT2D eigenvalue weighted by Gasteiger charge is 2.26. The van der Waals surface area contributed by atoms with Crippen molar-refractivity contribution < 1.29 is 19.0 Å². The lowest BCUT2D eigenvalue weighted by molar-refractivity contribution is -0.133. The molecule has 0 saturated carbocycles. The van der Waals surface area contributed by atoms with Gasteiger partial charge in [0.05, 0.1) is 12.5 Å². The van der Waals surface area contributed by atoms with Crippen molar-refractivity contribution >= 4 is 5.91 Å². The predicted molar refractivity (Wildman–Crippen MR) is 92.6 cm³/mol. The average molecular weight is 350 g/mol. The standard InChI is InChI=1S/C19H27FN2O3/c20-16-4-1-3-15(13-16)18(23)14-19(24)22-8-2-7-21(9-10-22)17-5-11-25-12-6-17/h1,3-4,13,17-18,23H,2,5-12,14H2. The molecule has 138 valence electrons. The zero-order chi connectivity index (χ0) is 17.6. The van der Waals surface area contributed by atoms with Crippen LogP contribution in [0, 0.1) is 5.82 Å². The maximum absolute atomic E-state index is 13.3. The largest absolute Gasteiger partial charge is 0.388 e. The minimum Gasteiger partial charge on any atom is -0.388 e. The van der Waals surface area contributed by atoms with Gasteiger partial charge in [0.25, 0.3) is 0 Å². The van der Waals surface area contributed by atoms with Crippen molar-refractivity contribution in [3.8, 4) is 0 Å². The summed E-state index contributed by atoms with van der Waals surface area (Å²) in [5.74, 6) is -0.462. The Morgan fingerprint density at radius 3 is 2.80 bits per heavy atom. The van der Waals surface area contributed by atoms with Crippen molar-refractivity contribution in [1.82, 2.24) is 9.80 Å². The van der Waals surface area contributed by atoms with Gasteiger partial charge in [0.2, 0.25) is 5.91 Å². The van der Waals surface area contributed by atoms with E-state index >= 15 is 0 Å². The summed E-state index contributed by atoms with van der Waals surface area (Å²) in [6.45, 7) is 4.92. The second-order valence-electron chi connectivity index (χ2n) is 6.89. The second kappa shape index (κ2) is 8.74. The highest BCUT2D eigenvalue weighted by molar-refractivity contribution is 5.77. The Bertz CT molecular complexity index is 578. The molecule has 1 N–H and O–H groups in total. The average Bonchev–Trinajstić information content (AvgIpc) is 2.88. The first kappa shape index (κ1) is 18.3. The van der Waals surface area contributed by atoms with E-state index in [4.69, 9.17) is 4.74 Å². The molecule has 25 heavy (non-hydrogen) atoms. The summed E-state index contributed by atoms with van der Waals surface area (Å²) >= 11 is 0. The Kier molecular flexibility index (Phi) is 6.39. The SMILES string of the molecule is O=C(CC(O)c1cccc(F)c1)N1CCCN(C2CCOCC2)CC1. The van der Waals surface area contributed by atoms with Gasteiger partial charge >= 0.3 is 0 Å². The van der Waals surface area contributed by atoms with E-state index in [1.54, 1.807) is 12.1 Å². The number of hydrogen-bond acceptors (Lipinski definition) is 4. The zero-order valence-corrected chi connectivity index (χ0v) is 14.6. The number of ether oxygens (including phenoxy) is 1. The summed E-state index contributed by atoms with van der Waals surface area (Å²) in [6, 6.07) is 6.37. The van der Waals surface area contributed by atoms with Crippen LogP contribution in [0.15, 0.2) is 24.3 Å². The highest BCUT2D eigenvalue weighted by Crippen LogP contribution is 2.20. The lowest BCUT2D eigenvalue weighted by Crippen LogP contribution is -2.42. The Labute approximate surface area is 148 Å². The zero-order valence-electron chi connectivity index (χ0n) is 14.6. The first-order valence-corrected chi connectivity index (χ1v) is 9.16. The number of nitrogens with zero attached hydrogens (tertiary/aromatic N) is 2. The molecule has 0 aliphatic carbocycles. The van der Waals surface area contributed by atoms with Crippen LogP contribution in [0.25, 0.3) is 0 Å². The fourth-order valence-electron chi connectivity index (χ4n) is 3.73. The molecule has 1 unspecified atom stereocenters. The molecule has 0 radical (unpaired) electrons. The first-order chi connectivity index (χ1) is 12.1. The molecule has 2 fully saturated rings. The molecule has 2 aliphatic heterocycles. The molecule has 6 heteroatoms. The molecule has 1 amide bonds. The molecule has 5 nitrogen and oxygen atoms in total. The van der Waals surface area contributed by atoms with Crippen LogP contribution < -0.4 is 0 Å². The Morgan fingerprint density at radius 2 is 2.04 bits per heavy atom. The van der Waals surface area contributed by atoms with Crippen LogP contribution in [0.4, 0.5) is 4.39 Å². The minimum atomic E-state index is -0.960. The van der Waals surface area contributed by atoms with Gasteiger partial charge in [-0.25, -0.2) is 4.39 Å². The van der Waals surface area contributed by atoms with E-state index in [1.807, 2.05) is 4.90 Å². The van der Waals surface area contributed by atoms with Gasteiger partial charge in [0.15, 0.2) is 0 Å². The molecule has 2 aliphatic rings. The van der Waals surface area contributed by atoms with Gasteiger partial charge in [0, 0.05) is 45.4 Å². The summed E-state index contributed by atoms with van der Waals surface area (Å²) in [5, 5.41) is 10.2. The molecule has 2 heterocycles. The van der Waals surface area contributed by atoms with Gasteiger partial charge in [-0.05, 0) is 37.0 Å². The normalized spacial score (nSPS) is 21.8. The smallest absolute Gasteiger partial charge is 0.225 e. The molecule has 1 aromatic rings. The van der Waals surface area contributed by atoms with E-state index in [2.05, 4.69) is 4.90 Å². The topological polar surface area (TPSA) is 53.0 Å². The van der Waals surface area contributed by atoms with Gasteiger partial charge < -0.3 is 14.7 Å². The van der Waals surface area contributed by atoms with E-state index in [0.29, 0.717) is 24.7 Å². The summed E-state index contributed by atoms with van der Waals surface area (Å²) in [7, 11) is 0. The fraction of sp³-hybridized carbons (Fsp3) is 0.632. The molecular weight excluding hydrogens is 323 g/mol. The van der Waals surface area contributed by atoms with Gasteiger partial charge in [-0.3, -0.25) is 9.69 Å². The predicted octanol–water partition coefficient (Wildman–Crippen LogP) is 1.96. The molecule has 0 aromatic heterocycles. The molecule has 3 rings (SSSR count). The third-order valence-corrected chi connectivity index (χ3v) is 5.19. The van der Waals surface area contributed by atoms with Crippen LogP contribution in [-0.4, -0.2) is 66.2 Å². The number of hydrogen-bond donors (Lipinski definition) is 1. The van der Waals surface area contributed by atoms with Crippen LogP contribution in [0.2, 0.25) is 0 Å². The molecule has 0 spiro atoms. The van der Waals surface area contributed by atoms with E-state index in [-0.39, 0.29) is 12.3 Å². The maximum Gasteiger partial charge on any atom is 0.225 e. The van der Waals surface area contributed by atoms with Crippen molar-refractivity contribution in [2.75, 3.05) is 39.4 Å². The van der Waals surface area contributed by atoms with Crippen LogP contribution in [0.1, 0.15) is 37.4 Å². The second-order valence-corrected chi connectivity index (χ2v) is 6.89. The van der Waals surface area contributed by atoms with Crippen LogP contribution in [0.3, 0.4) is 0 Å². The monoisotopic (exact) mass is 350 g/mol. The lowest BCUT2D eigenvalue weighted by Gasteiger charge is -2.33. The summed E-state index contributed by atoms with van der Waals surface area (Å²) in [4.78, 5) is 16.8. The summed E-state index contributed by atoms with van der Waals surface area (Å²) in [6.07, 6.45) is 2.11. The number of carbonyl (C=O) groups excluding carboxylic acids is 1.